The minimum absolute atomic E-state index is 0.778. The van der Waals surface area contributed by atoms with Gasteiger partial charge in [-0.1, -0.05) is 19.8 Å². The summed E-state index contributed by atoms with van der Waals surface area (Å²) in [7, 11) is 0. The third-order valence-corrected chi connectivity index (χ3v) is 4.79. The molecule has 3 atom stereocenters. The van der Waals surface area contributed by atoms with Crippen LogP contribution < -0.4 is 5.32 Å². The fourth-order valence-corrected chi connectivity index (χ4v) is 3.52. The molecule has 17 heavy (non-hydrogen) atoms. The zero-order valence-electron chi connectivity index (χ0n) is 11.8. The average molecular weight is 238 g/mol. The van der Waals surface area contributed by atoms with Crippen molar-refractivity contribution >= 4 is 0 Å². The monoisotopic (exact) mass is 238 g/mol. The molecule has 2 saturated heterocycles. The maximum Gasteiger partial charge on any atom is 0.00818 e. The van der Waals surface area contributed by atoms with E-state index in [4.69, 9.17) is 0 Å². The van der Waals surface area contributed by atoms with Crippen molar-refractivity contribution < 1.29 is 0 Å². The molecule has 2 heterocycles. The Morgan fingerprint density at radius 2 is 2.12 bits per heavy atom. The second-order valence-electron chi connectivity index (χ2n) is 6.14. The molecule has 1 N–H and O–H groups in total. The summed E-state index contributed by atoms with van der Waals surface area (Å²) in [6, 6.07) is 1.57. The number of nitrogens with one attached hydrogen (secondary N) is 1. The highest BCUT2D eigenvalue weighted by atomic mass is 15.2. The van der Waals surface area contributed by atoms with E-state index in [2.05, 4.69) is 24.1 Å². The fourth-order valence-electron chi connectivity index (χ4n) is 3.52. The second kappa shape index (κ2) is 6.75. The topological polar surface area (TPSA) is 15.3 Å². The Labute approximate surface area is 107 Å². The van der Waals surface area contributed by atoms with Gasteiger partial charge in [0, 0.05) is 18.6 Å². The van der Waals surface area contributed by atoms with Gasteiger partial charge in [0.1, 0.15) is 0 Å². The second-order valence-corrected chi connectivity index (χ2v) is 6.14. The number of hydrogen-bond donors (Lipinski definition) is 1. The Morgan fingerprint density at radius 3 is 2.82 bits per heavy atom. The van der Waals surface area contributed by atoms with E-state index in [1.807, 2.05) is 0 Å². The molecule has 0 aromatic rings. The predicted molar refractivity (Wildman–Crippen MR) is 74.3 cm³/mol. The molecule has 0 aromatic heterocycles. The standard InChI is InChI=1S/C15H30N2/c1-3-14-7-6-10-17(12-14)13(2)11-15-8-4-5-9-16-15/h13-16H,3-12H2,1-2H3. The molecule has 0 spiro atoms. The van der Waals surface area contributed by atoms with Crippen LogP contribution in [0.15, 0.2) is 0 Å². The average Bonchev–Trinajstić information content (AvgIpc) is 2.40. The molecular weight excluding hydrogens is 208 g/mol. The van der Waals surface area contributed by atoms with Crippen LogP contribution in [0.3, 0.4) is 0 Å². The Hall–Kier alpha value is -0.0800. The molecule has 2 aliphatic heterocycles. The molecule has 0 saturated carbocycles. The summed E-state index contributed by atoms with van der Waals surface area (Å²) in [5, 5.41) is 3.69. The largest absolute Gasteiger partial charge is 0.314 e. The molecule has 3 unspecified atom stereocenters. The van der Waals surface area contributed by atoms with Crippen LogP contribution in [0.25, 0.3) is 0 Å². The van der Waals surface area contributed by atoms with Gasteiger partial charge >= 0.3 is 0 Å². The van der Waals surface area contributed by atoms with E-state index in [0.29, 0.717) is 0 Å². The van der Waals surface area contributed by atoms with Crippen LogP contribution in [0.1, 0.15) is 58.8 Å². The SMILES string of the molecule is CCC1CCCN(C(C)CC2CCCCN2)C1. The van der Waals surface area contributed by atoms with E-state index in [1.54, 1.807) is 0 Å². The predicted octanol–water partition coefficient (Wildman–Crippen LogP) is 3.03. The van der Waals surface area contributed by atoms with Crippen LogP contribution in [-0.4, -0.2) is 36.6 Å². The first kappa shape index (κ1) is 13.4. The third-order valence-electron chi connectivity index (χ3n) is 4.79. The smallest absolute Gasteiger partial charge is 0.00818 e. The zero-order valence-corrected chi connectivity index (χ0v) is 11.8. The third kappa shape index (κ3) is 3.96. The van der Waals surface area contributed by atoms with Gasteiger partial charge in [0.15, 0.2) is 0 Å². The quantitative estimate of drug-likeness (QED) is 0.810. The molecule has 2 nitrogen and oxygen atoms in total. The van der Waals surface area contributed by atoms with Gasteiger partial charge in [0.25, 0.3) is 0 Å². The highest BCUT2D eigenvalue weighted by Gasteiger charge is 2.24. The van der Waals surface area contributed by atoms with Gasteiger partial charge in [-0.3, -0.25) is 0 Å². The lowest BCUT2D eigenvalue weighted by molar-refractivity contribution is 0.114. The van der Waals surface area contributed by atoms with E-state index >= 15 is 0 Å². The summed E-state index contributed by atoms with van der Waals surface area (Å²) in [6.45, 7) is 8.72. The number of nitrogens with zero attached hydrogens (tertiary/aromatic N) is 1. The first-order valence-electron chi connectivity index (χ1n) is 7.77. The van der Waals surface area contributed by atoms with Gasteiger partial charge in [-0.25, -0.2) is 0 Å². The molecule has 0 aliphatic carbocycles. The molecule has 2 rings (SSSR count). The Bertz CT molecular complexity index is 211. The molecular formula is C15H30N2. The molecule has 2 aliphatic rings. The lowest BCUT2D eigenvalue weighted by Gasteiger charge is -2.38. The lowest BCUT2D eigenvalue weighted by Crippen LogP contribution is -2.45. The van der Waals surface area contributed by atoms with Gasteiger partial charge in [0.05, 0.1) is 0 Å². The Balaban J connectivity index is 1.75. The van der Waals surface area contributed by atoms with Crippen molar-refractivity contribution in [3.8, 4) is 0 Å². The summed E-state index contributed by atoms with van der Waals surface area (Å²) >= 11 is 0. The lowest BCUT2D eigenvalue weighted by atomic mass is 9.92. The first-order chi connectivity index (χ1) is 8.29. The molecule has 0 aromatic carbocycles. The summed E-state index contributed by atoms with van der Waals surface area (Å²) < 4.78 is 0. The zero-order chi connectivity index (χ0) is 12.1. The van der Waals surface area contributed by atoms with Crippen LogP contribution in [0.4, 0.5) is 0 Å². The number of likely N-dealkylation sites (tertiary alicyclic amines) is 1. The van der Waals surface area contributed by atoms with Crippen molar-refractivity contribution in [1.29, 1.82) is 0 Å². The maximum atomic E-state index is 3.69. The van der Waals surface area contributed by atoms with E-state index < -0.39 is 0 Å². The van der Waals surface area contributed by atoms with Gasteiger partial charge in [-0.05, 0) is 58.0 Å². The summed E-state index contributed by atoms with van der Waals surface area (Å²) in [4.78, 5) is 2.74. The minimum atomic E-state index is 0.778. The van der Waals surface area contributed by atoms with Crippen molar-refractivity contribution in [3.05, 3.63) is 0 Å². The van der Waals surface area contributed by atoms with Crippen molar-refractivity contribution in [1.82, 2.24) is 10.2 Å². The first-order valence-corrected chi connectivity index (χ1v) is 7.77. The van der Waals surface area contributed by atoms with Gasteiger partial charge in [-0.2, -0.15) is 0 Å². The Morgan fingerprint density at radius 1 is 1.24 bits per heavy atom. The molecule has 2 heteroatoms. The van der Waals surface area contributed by atoms with Gasteiger partial charge < -0.3 is 10.2 Å². The van der Waals surface area contributed by atoms with E-state index in [0.717, 1.165) is 18.0 Å². The molecule has 2 fully saturated rings. The van der Waals surface area contributed by atoms with Crippen LogP contribution in [0.2, 0.25) is 0 Å². The minimum Gasteiger partial charge on any atom is -0.314 e. The van der Waals surface area contributed by atoms with Crippen LogP contribution in [0.5, 0.6) is 0 Å². The molecule has 0 amide bonds. The van der Waals surface area contributed by atoms with Crippen molar-refractivity contribution in [2.24, 2.45) is 5.92 Å². The van der Waals surface area contributed by atoms with Crippen LogP contribution >= 0.6 is 0 Å². The van der Waals surface area contributed by atoms with Gasteiger partial charge in [0.2, 0.25) is 0 Å². The van der Waals surface area contributed by atoms with Crippen molar-refractivity contribution in [2.45, 2.75) is 70.9 Å². The summed E-state index contributed by atoms with van der Waals surface area (Å²) in [5.41, 5.74) is 0. The summed E-state index contributed by atoms with van der Waals surface area (Å²) in [6.07, 6.45) is 9.81. The number of piperidine rings is 2. The van der Waals surface area contributed by atoms with E-state index in [1.165, 1.54) is 64.6 Å². The summed E-state index contributed by atoms with van der Waals surface area (Å²) in [5.74, 6) is 0.963. The Kier molecular flexibility index (Phi) is 5.30. The number of rotatable bonds is 4. The van der Waals surface area contributed by atoms with E-state index in [-0.39, 0.29) is 0 Å². The van der Waals surface area contributed by atoms with Crippen LogP contribution in [-0.2, 0) is 0 Å². The molecule has 0 bridgehead atoms. The highest BCUT2D eigenvalue weighted by molar-refractivity contribution is 4.81. The van der Waals surface area contributed by atoms with Crippen molar-refractivity contribution in [3.63, 3.8) is 0 Å². The molecule has 0 radical (unpaired) electrons. The van der Waals surface area contributed by atoms with Crippen molar-refractivity contribution in [2.75, 3.05) is 19.6 Å². The fraction of sp³-hybridized carbons (Fsp3) is 1.00. The normalized spacial score (nSPS) is 33.5. The van der Waals surface area contributed by atoms with Gasteiger partial charge in [-0.15, -0.1) is 0 Å². The highest BCUT2D eigenvalue weighted by Crippen LogP contribution is 2.23. The molecule has 100 valence electrons. The van der Waals surface area contributed by atoms with Crippen LogP contribution in [0, 0.1) is 5.92 Å². The number of hydrogen-bond acceptors (Lipinski definition) is 2. The van der Waals surface area contributed by atoms with E-state index in [9.17, 15) is 0 Å². The maximum absolute atomic E-state index is 3.69.